The van der Waals surface area contributed by atoms with Crippen LogP contribution in [-0.2, 0) is 7.05 Å². The van der Waals surface area contributed by atoms with E-state index in [0.29, 0.717) is 5.82 Å². The van der Waals surface area contributed by atoms with Crippen molar-refractivity contribution in [1.29, 1.82) is 0 Å². The highest BCUT2D eigenvalue weighted by Gasteiger charge is 1.84. The topological polar surface area (TPSA) is 56.7 Å². The van der Waals surface area contributed by atoms with E-state index in [1.165, 1.54) is 11.0 Å². The molecule has 1 rings (SSSR count). The van der Waals surface area contributed by atoms with Crippen LogP contribution in [0.15, 0.2) is 6.20 Å². The van der Waals surface area contributed by atoms with E-state index in [0.717, 1.165) is 0 Å². The Labute approximate surface area is 53.1 Å². The molecule has 0 unspecified atom stereocenters. The van der Waals surface area contributed by atoms with Crippen molar-refractivity contribution in [3.63, 3.8) is 0 Å². The van der Waals surface area contributed by atoms with Gasteiger partial charge in [0.05, 0.1) is 6.20 Å². The zero-order valence-electron chi connectivity index (χ0n) is 4.40. The Morgan fingerprint density at radius 3 is 2.50 bits per heavy atom. The molecule has 0 spiro atoms. The van der Waals surface area contributed by atoms with Crippen LogP contribution in [0.5, 0.6) is 0 Å². The third-order valence-electron chi connectivity index (χ3n) is 0.617. The van der Waals surface area contributed by atoms with Gasteiger partial charge in [-0.3, -0.25) is 0 Å². The zero-order chi connectivity index (χ0) is 5.28. The monoisotopic (exact) mass is 134 g/mol. The minimum absolute atomic E-state index is 0. The Balaban J connectivity index is 0.000000490. The van der Waals surface area contributed by atoms with Crippen molar-refractivity contribution >= 4 is 18.2 Å². The lowest BCUT2D eigenvalue weighted by Crippen LogP contribution is -1.92. The molecule has 0 aliphatic rings. The van der Waals surface area contributed by atoms with Crippen molar-refractivity contribution < 1.29 is 0 Å². The summed E-state index contributed by atoms with van der Waals surface area (Å²) in [6.45, 7) is 0. The van der Waals surface area contributed by atoms with E-state index in [1.807, 2.05) is 0 Å². The van der Waals surface area contributed by atoms with Crippen molar-refractivity contribution in [2.75, 3.05) is 5.73 Å². The van der Waals surface area contributed by atoms with Gasteiger partial charge >= 0.3 is 0 Å². The summed E-state index contributed by atoms with van der Waals surface area (Å²) in [7, 11) is 1.72. The summed E-state index contributed by atoms with van der Waals surface area (Å²) in [5.74, 6) is 0.461. The van der Waals surface area contributed by atoms with Crippen molar-refractivity contribution in [2.24, 2.45) is 7.05 Å². The highest BCUT2D eigenvalue weighted by molar-refractivity contribution is 5.85. The van der Waals surface area contributed by atoms with Crippen LogP contribution in [0.25, 0.3) is 0 Å². The Bertz CT molecular complexity index is 144. The molecule has 1 aromatic heterocycles. The number of nitrogens with zero attached hydrogens (tertiary/aromatic N) is 3. The molecule has 0 fully saturated rings. The van der Waals surface area contributed by atoms with Crippen molar-refractivity contribution in [1.82, 2.24) is 15.0 Å². The quantitative estimate of drug-likeness (QED) is 0.536. The van der Waals surface area contributed by atoms with Gasteiger partial charge in [0.15, 0.2) is 5.82 Å². The Kier molecular flexibility index (Phi) is 2.27. The predicted octanol–water partition coefficient (Wildman–Crippen LogP) is -0.181. The third-order valence-corrected chi connectivity index (χ3v) is 0.617. The maximum absolute atomic E-state index is 5.18. The van der Waals surface area contributed by atoms with Crippen LogP contribution in [0, 0.1) is 0 Å². The first-order valence-electron chi connectivity index (χ1n) is 1.91. The number of aromatic nitrogens is 3. The van der Waals surface area contributed by atoms with Crippen LogP contribution >= 0.6 is 12.4 Å². The first-order valence-corrected chi connectivity index (χ1v) is 1.91. The van der Waals surface area contributed by atoms with E-state index in [9.17, 15) is 0 Å². The number of nitrogen functional groups attached to an aromatic ring is 1. The second-order valence-electron chi connectivity index (χ2n) is 1.26. The summed E-state index contributed by atoms with van der Waals surface area (Å²) in [5.41, 5.74) is 5.18. The summed E-state index contributed by atoms with van der Waals surface area (Å²) >= 11 is 0. The fourth-order valence-corrected chi connectivity index (χ4v) is 0.361. The van der Waals surface area contributed by atoms with Crippen molar-refractivity contribution in [3.05, 3.63) is 6.20 Å². The lowest BCUT2D eigenvalue weighted by Gasteiger charge is -1.77. The van der Waals surface area contributed by atoms with Gasteiger partial charge in [0.2, 0.25) is 0 Å². The maximum atomic E-state index is 5.18. The summed E-state index contributed by atoms with van der Waals surface area (Å²) in [6, 6.07) is 0. The molecule has 0 saturated carbocycles. The summed E-state index contributed by atoms with van der Waals surface area (Å²) in [5, 5.41) is 7.39. The number of nitrogens with two attached hydrogens (primary N) is 1. The fourth-order valence-electron chi connectivity index (χ4n) is 0.361. The molecular weight excluding hydrogens is 128 g/mol. The Hall–Kier alpha value is -0.770. The van der Waals surface area contributed by atoms with E-state index in [1.54, 1.807) is 7.05 Å². The van der Waals surface area contributed by atoms with Crippen molar-refractivity contribution in [3.8, 4) is 0 Å². The van der Waals surface area contributed by atoms with Gasteiger partial charge in [-0.15, -0.1) is 17.5 Å². The first kappa shape index (κ1) is 7.23. The number of hydrogen-bond acceptors (Lipinski definition) is 3. The van der Waals surface area contributed by atoms with E-state index in [2.05, 4.69) is 10.2 Å². The van der Waals surface area contributed by atoms with Crippen LogP contribution in [0.1, 0.15) is 0 Å². The van der Waals surface area contributed by atoms with Gasteiger partial charge in [-0.25, -0.2) is 0 Å². The standard InChI is InChI=1S/C3H6N4.ClH/c1-7-5-2-3(4)6-7;/h2H,1H3,(H2,4,6);1H. The molecule has 0 aromatic carbocycles. The van der Waals surface area contributed by atoms with E-state index in [4.69, 9.17) is 5.73 Å². The number of hydrogen-bond donors (Lipinski definition) is 1. The van der Waals surface area contributed by atoms with Crippen LogP contribution in [0.3, 0.4) is 0 Å². The SMILES string of the molecule is Cl.Cn1ncc(N)n1. The second kappa shape index (κ2) is 2.52. The van der Waals surface area contributed by atoms with Crippen LogP contribution < -0.4 is 5.73 Å². The molecule has 0 amide bonds. The summed E-state index contributed by atoms with van der Waals surface area (Å²) in [4.78, 5) is 1.41. The first-order chi connectivity index (χ1) is 3.29. The normalized spacial score (nSPS) is 8.12. The molecule has 0 saturated heterocycles. The molecule has 1 heterocycles. The number of halogens is 1. The smallest absolute Gasteiger partial charge is 0.165 e. The van der Waals surface area contributed by atoms with E-state index < -0.39 is 0 Å². The molecule has 46 valence electrons. The molecule has 2 N–H and O–H groups in total. The molecule has 0 aliphatic heterocycles. The minimum atomic E-state index is 0. The summed E-state index contributed by atoms with van der Waals surface area (Å²) < 4.78 is 0. The molecule has 1 aromatic rings. The van der Waals surface area contributed by atoms with Crippen LogP contribution in [-0.4, -0.2) is 15.0 Å². The second-order valence-corrected chi connectivity index (χ2v) is 1.26. The number of anilines is 1. The van der Waals surface area contributed by atoms with Gasteiger partial charge in [0.25, 0.3) is 0 Å². The highest BCUT2D eigenvalue weighted by Crippen LogP contribution is 1.85. The zero-order valence-corrected chi connectivity index (χ0v) is 5.22. The molecule has 0 radical (unpaired) electrons. The molecule has 4 nitrogen and oxygen atoms in total. The molecule has 0 atom stereocenters. The Morgan fingerprint density at radius 2 is 2.38 bits per heavy atom. The third kappa shape index (κ3) is 1.38. The van der Waals surface area contributed by atoms with Gasteiger partial charge in [-0.1, -0.05) is 0 Å². The van der Waals surface area contributed by atoms with Gasteiger partial charge in [0, 0.05) is 7.05 Å². The van der Waals surface area contributed by atoms with E-state index in [-0.39, 0.29) is 12.4 Å². The molecule has 0 bridgehead atoms. The Morgan fingerprint density at radius 1 is 1.75 bits per heavy atom. The molecule has 5 heteroatoms. The minimum Gasteiger partial charge on any atom is -0.381 e. The lowest BCUT2D eigenvalue weighted by molar-refractivity contribution is 0.656. The molecule has 8 heavy (non-hydrogen) atoms. The largest absolute Gasteiger partial charge is 0.381 e. The van der Waals surface area contributed by atoms with Crippen molar-refractivity contribution in [2.45, 2.75) is 0 Å². The van der Waals surface area contributed by atoms with Crippen LogP contribution in [0.2, 0.25) is 0 Å². The average molecular weight is 135 g/mol. The highest BCUT2D eigenvalue weighted by atomic mass is 35.5. The maximum Gasteiger partial charge on any atom is 0.165 e. The number of aryl methyl sites for hydroxylation is 1. The predicted molar refractivity (Wildman–Crippen MR) is 32.7 cm³/mol. The van der Waals surface area contributed by atoms with Gasteiger partial charge in [-0.2, -0.15) is 9.90 Å². The van der Waals surface area contributed by atoms with Crippen LogP contribution in [0.4, 0.5) is 5.82 Å². The molecular formula is C3H7ClN4. The number of rotatable bonds is 0. The summed E-state index contributed by atoms with van der Waals surface area (Å²) in [6.07, 6.45) is 1.50. The van der Waals surface area contributed by atoms with E-state index >= 15 is 0 Å². The van der Waals surface area contributed by atoms with Gasteiger partial charge in [0.1, 0.15) is 0 Å². The fraction of sp³-hybridized carbons (Fsp3) is 0.333. The average Bonchev–Trinajstić information content (AvgIpc) is 1.87. The lowest BCUT2D eigenvalue weighted by atomic mass is 10.8. The molecule has 0 aliphatic carbocycles. The van der Waals surface area contributed by atoms with Gasteiger partial charge < -0.3 is 5.73 Å². The van der Waals surface area contributed by atoms with Gasteiger partial charge in [-0.05, 0) is 0 Å².